The molecule has 0 radical (unpaired) electrons. The summed E-state index contributed by atoms with van der Waals surface area (Å²) in [5, 5.41) is 16.2. The van der Waals surface area contributed by atoms with Crippen molar-refractivity contribution >= 4 is 23.6 Å². The van der Waals surface area contributed by atoms with Crippen molar-refractivity contribution in [2.45, 2.75) is 37.9 Å². The molecule has 1 atom stereocenters. The molecule has 10 nitrogen and oxygen atoms in total. The Morgan fingerprint density at radius 2 is 1.89 bits per heavy atom. The number of nitrogens with two attached hydrogens (primary N) is 1. The van der Waals surface area contributed by atoms with Crippen LogP contribution >= 0.6 is 0 Å². The van der Waals surface area contributed by atoms with E-state index >= 15 is 0 Å². The number of carboxylic acid groups (broad SMARTS) is 1. The molecule has 1 fully saturated rings. The Bertz CT molecular complexity index is 1400. The van der Waals surface area contributed by atoms with Crippen molar-refractivity contribution in [3.05, 3.63) is 65.2 Å². The quantitative estimate of drug-likeness (QED) is 0.430. The highest BCUT2D eigenvalue weighted by Crippen LogP contribution is 2.31. The number of rotatable bonds is 5. The van der Waals surface area contributed by atoms with E-state index in [-0.39, 0.29) is 12.0 Å². The maximum Gasteiger partial charge on any atom is 0.420 e. The second-order valence-corrected chi connectivity index (χ2v) is 8.75. The SMILES string of the molecule is CC(C(N)=O)c1ccccc1C#Cc1nc(Nc2cnn(C3CCN(C(=O)O)CC3)c2)ncc1C(F)(F)F. The summed E-state index contributed by atoms with van der Waals surface area (Å²) >= 11 is 0. The number of alkyl halides is 3. The van der Waals surface area contributed by atoms with Gasteiger partial charge in [-0.2, -0.15) is 18.3 Å². The third kappa shape index (κ3) is 6.03. The molecule has 4 rings (SSSR count). The summed E-state index contributed by atoms with van der Waals surface area (Å²) in [4.78, 5) is 31.9. The molecular weight excluding hydrogens is 503 g/mol. The van der Waals surface area contributed by atoms with Crippen LogP contribution in [0.15, 0.2) is 42.9 Å². The minimum Gasteiger partial charge on any atom is -0.465 e. The van der Waals surface area contributed by atoms with Gasteiger partial charge in [0.2, 0.25) is 11.9 Å². The van der Waals surface area contributed by atoms with E-state index in [1.807, 2.05) is 0 Å². The van der Waals surface area contributed by atoms with Gasteiger partial charge in [0.15, 0.2) is 0 Å². The molecule has 2 aromatic heterocycles. The van der Waals surface area contributed by atoms with E-state index in [1.165, 1.54) is 11.1 Å². The lowest BCUT2D eigenvalue weighted by atomic mass is 9.95. The van der Waals surface area contributed by atoms with E-state index < -0.39 is 35.4 Å². The molecule has 3 aromatic rings. The Morgan fingerprint density at radius 3 is 2.55 bits per heavy atom. The Hall–Kier alpha value is -4.60. The topological polar surface area (TPSA) is 139 Å². The maximum atomic E-state index is 13.6. The fourth-order valence-corrected chi connectivity index (χ4v) is 4.07. The summed E-state index contributed by atoms with van der Waals surface area (Å²) in [6, 6.07) is 6.55. The standard InChI is InChI=1S/C25H24F3N7O3/c1-15(22(29)36)19-5-3-2-4-16(19)6-7-21-20(25(26,27)28)13-30-23(33-21)32-17-12-31-35(14-17)18-8-10-34(11-9-18)24(37)38/h2-5,12-15,18H,8-11H2,1H3,(H2,29,36)(H,37,38)(H,30,32,33). The summed E-state index contributed by atoms with van der Waals surface area (Å²) in [5.74, 6) is 3.79. The van der Waals surface area contributed by atoms with Crippen molar-refractivity contribution in [2.75, 3.05) is 18.4 Å². The average Bonchev–Trinajstić information content (AvgIpc) is 3.35. The highest BCUT2D eigenvalue weighted by Gasteiger charge is 2.35. The predicted molar refractivity (Wildman–Crippen MR) is 130 cm³/mol. The fourth-order valence-electron chi connectivity index (χ4n) is 4.07. The molecule has 198 valence electrons. The van der Waals surface area contributed by atoms with Gasteiger partial charge in [0.25, 0.3) is 0 Å². The lowest BCUT2D eigenvalue weighted by Crippen LogP contribution is -2.38. The van der Waals surface area contributed by atoms with E-state index in [9.17, 15) is 22.8 Å². The summed E-state index contributed by atoms with van der Waals surface area (Å²) in [7, 11) is 0. The molecule has 38 heavy (non-hydrogen) atoms. The maximum absolute atomic E-state index is 13.6. The third-order valence-electron chi connectivity index (χ3n) is 6.23. The second kappa shape index (κ2) is 10.8. The number of hydrogen-bond donors (Lipinski definition) is 3. The Morgan fingerprint density at radius 1 is 1.18 bits per heavy atom. The largest absolute Gasteiger partial charge is 0.465 e. The van der Waals surface area contributed by atoms with Crippen LogP contribution in [0.3, 0.4) is 0 Å². The molecule has 1 unspecified atom stereocenters. The molecule has 0 bridgehead atoms. The molecule has 1 aliphatic heterocycles. The minimum atomic E-state index is -4.74. The van der Waals surface area contributed by atoms with Gasteiger partial charge < -0.3 is 21.1 Å². The molecule has 3 heterocycles. The summed E-state index contributed by atoms with van der Waals surface area (Å²) in [6.45, 7) is 2.36. The number of amides is 2. The van der Waals surface area contributed by atoms with Crippen LogP contribution < -0.4 is 11.1 Å². The zero-order valence-corrected chi connectivity index (χ0v) is 20.2. The van der Waals surface area contributed by atoms with E-state index in [1.54, 1.807) is 42.1 Å². The number of carbonyl (C=O) groups excluding carboxylic acids is 1. The van der Waals surface area contributed by atoms with Crippen molar-refractivity contribution < 1.29 is 27.9 Å². The van der Waals surface area contributed by atoms with E-state index in [0.29, 0.717) is 48.9 Å². The second-order valence-electron chi connectivity index (χ2n) is 8.75. The van der Waals surface area contributed by atoms with Crippen molar-refractivity contribution in [2.24, 2.45) is 5.73 Å². The van der Waals surface area contributed by atoms with E-state index in [2.05, 4.69) is 32.2 Å². The summed E-state index contributed by atoms with van der Waals surface area (Å²) < 4.78 is 42.6. The van der Waals surface area contributed by atoms with Gasteiger partial charge in [-0.1, -0.05) is 24.1 Å². The van der Waals surface area contributed by atoms with Gasteiger partial charge in [0.05, 0.1) is 23.8 Å². The monoisotopic (exact) mass is 527 g/mol. The number of hydrogen-bond acceptors (Lipinski definition) is 6. The first kappa shape index (κ1) is 26.5. The Labute approximate surface area is 215 Å². The van der Waals surface area contributed by atoms with Gasteiger partial charge in [-0.25, -0.2) is 14.8 Å². The number of nitrogens with zero attached hydrogens (tertiary/aromatic N) is 5. The van der Waals surface area contributed by atoms with Crippen molar-refractivity contribution in [3.8, 4) is 11.8 Å². The number of benzene rings is 1. The van der Waals surface area contributed by atoms with Crippen LogP contribution in [0, 0.1) is 11.8 Å². The fraction of sp³-hybridized carbons (Fsp3) is 0.320. The molecule has 0 saturated carbocycles. The molecule has 0 spiro atoms. The van der Waals surface area contributed by atoms with Crippen LogP contribution in [0.2, 0.25) is 0 Å². The van der Waals surface area contributed by atoms with Gasteiger partial charge in [0.1, 0.15) is 11.3 Å². The number of likely N-dealkylation sites (tertiary alicyclic amines) is 1. The van der Waals surface area contributed by atoms with Gasteiger partial charge in [-0.3, -0.25) is 9.48 Å². The normalized spacial score (nSPS) is 14.9. The number of carbonyl (C=O) groups is 2. The molecule has 1 aromatic carbocycles. The average molecular weight is 528 g/mol. The van der Waals surface area contributed by atoms with E-state index in [4.69, 9.17) is 10.8 Å². The van der Waals surface area contributed by atoms with Crippen molar-refractivity contribution in [1.29, 1.82) is 0 Å². The Balaban J connectivity index is 1.58. The van der Waals surface area contributed by atoms with Gasteiger partial charge in [0, 0.05) is 31.0 Å². The summed E-state index contributed by atoms with van der Waals surface area (Å²) in [5.41, 5.74) is 5.05. The molecule has 2 amide bonds. The third-order valence-corrected chi connectivity index (χ3v) is 6.23. The number of halogens is 3. The number of aromatic nitrogens is 4. The van der Waals surface area contributed by atoms with Crippen LogP contribution in [-0.2, 0) is 11.0 Å². The molecule has 13 heteroatoms. The Kier molecular flexibility index (Phi) is 7.52. The smallest absolute Gasteiger partial charge is 0.420 e. The van der Waals surface area contributed by atoms with Crippen molar-refractivity contribution in [3.63, 3.8) is 0 Å². The molecule has 4 N–H and O–H groups in total. The van der Waals surface area contributed by atoms with Crippen LogP contribution in [0.1, 0.15) is 54.1 Å². The van der Waals surface area contributed by atoms with E-state index in [0.717, 1.165) is 0 Å². The van der Waals surface area contributed by atoms with Crippen LogP contribution in [0.4, 0.5) is 29.6 Å². The minimum absolute atomic E-state index is 0.0148. The first-order valence-electron chi connectivity index (χ1n) is 11.7. The van der Waals surface area contributed by atoms with Gasteiger partial charge >= 0.3 is 12.3 Å². The lowest BCUT2D eigenvalue weighted by molar-refractivity contribution is -0.138. The molecular formula is C25H24F3N7O3. The predicted octanol–water partition coefficient (Wildman–Crippen LogP) is 3.74. The zero-order chi connectivity index (χ0) is 27.4. The number of anilines is 2. The summed E-state index contributed by atoms with van der Waals surface area (Å²) in [6.07, 6.45) is -0.733. The van der Waals surface area contributed by atoms with Gasteiger partial charge in [-0.15, -0.1) is 0 Å². The number of nitrogens with one attached hydrogen (secondary N) is 1. The highest BCUT2D eigenvalue weighted by molar-refractivity contribution is 5.82. The molecule has 1 aliphatic rings. The molecule has 0 aliphatic carbocycles. The first-order chi connectivity index (χ1) is 18.0. The highest BCUT2D eigenvalue weighted by atomic mass is 19.4. The zero-order valence-electron chi connectivity index (χ0n) is 20.2. The number of piperidine rings is 1. The molecule has 1 saturated heterocycles. The van der Waals surface area contributed by atoms with Crippen LogP contribution in [0.25, 0.3) is 0 Å². The van der Waals surface area contributed by atoms with Crippen molar-refractivity contribution in [1.82, 2.24) is 24.6 Å². The lowest BCUT2D eigenvalue weighted by Gasteiger charge is -2.29. The number of primary amides is 1. The van der Waals surface area contributed by atoms with Crippen LogP contribution in [-0.4, -0.2) is 54.8 Å². The van der Waals surface area contributed by atoms with Crippen LogP contribution in [0.5, 0.6) is 0 Å². The van der Waals surface area contributed by atoms with Gasteiger partial charge in [-0.05, 0) is 37.3 Å². The first-order valence-corrected chi connectivity index (χ1v) is 11.7.